The van der Waals surface area contributed by atoms with Gasteiger partial charge in [0.05, 0.1) is 5.69 Å². The first-order valence-electron chi connectivity index (χ1n) is 18.5. The van der Waals surface area contributed by atoms with Crippen molar-refractivity contribution in [2.75, 3.05) is 0 Å². The average Bonchev–Trinajstić information content (AvgIpc) is 3.75. The third-order valence-electron chi connectivity index (χ3n) is 11.6. The Bertz CT molecular complexity index is 1710. The molecule has 7 rings (SSSR count). The van der Waals surface area contributed by atoms with Crippen LogP contribution in [0.2, 0.25) is 0 Å². The molecule has 1 saturated heterocycles. The SMILES string of the molecule is CC(C)c1ccccc1N=CC1CCC(CC(C)(C)C2C(c3ccccc3)C(c3ccccc3)C(c3ccccc3)C2c2ccccc2)N1. The highest BCUT2D eigenvalue weighted by molar-refractivity contribution is 5.70. The van der Waals surface area contributed by atoms with Crippen molar-refractivity contribution < 1.29 is 0 Å². The summed E-state index contributed by atoms with van der Waals surface area (Å²) in [6.45, 7) is 9.64. The number of aliphatic imine (C=N–C) groups is 1. The molecule has 1 aliphatic carbocycles. The Morgan fingerprint density at radius 1 is 0.592 bits per heavy atom. The van der Waals surface area contributed by atoms with Crippen molar-refractivity contribution in [1.82, 2.24) is 5.32 Å². The third kappa shape index (κ3) is 7.08. The van der Waals surface area contributed by atoms with Crippen LogP contribution in [0.3, 0.4) is 0 Å². The molecule has 2 heteroatoms. The first-order chi connectivity index (χ1) is 23.9. The van der Waals surface area contributed by atoms with Crippen molar-refractivity contribution >= 4 is 11.9 Å². The summed E-state index contributed by atoms with van der Waals surface area (Å²) in [7, 11) is 0. The van der Waals surface area contributed by atoms with Gasteiger partial charge in [-0.3, -0.25) is 4.99 Å². The van der Waals surface area contributed by atoms with Crippen molar-refractivity contribution in [3.8, 4) is 0 Å². The van der Waals surface area contributed by atoms with E-state index < -0.39 is 0 Å². The van der Waals surface area contributed by atoms with Crippen LogP contribution in [0.5, 0.6) is 0 Å². The second kappa shape index (κ2) is 14.7. The van der Waals surface area contributed by atoms with Gasteiger partial charge < -0.3 is 5.32 Å². The highest BCUT2D eigenvalue weighted by Crippen LogP contribution is 2.68. The van der Waals surface area contributed by atoms with Gasteiger partial charge in [-0.05, 0) is 94.1 Å². The maximum Gasteiger partial charge on any atom is 0.0660 e. The smallest absolute Gasteiger partial charge is 0.0660 e. The summed E-state index contributed by atoms with van der Waals surface area (Å²) in [6, 6.07) is 55.0. The van der Waals surface area contributed by atoms with Gasteiger partial charge in [0.2, 0.25) is 0 Å². The molecule has 6 atom stereocenters. The second-order valence-corrected chi connectivity index (χ2v) is 15.5. The van der Waals surface area contributed by atoms with Crippen LogP contribution in [0, 0.1) is 11.3 Å². The van der Waals surface area contributed by atoms with Gasteiger partial charge >= 0.3 is 0 Å². The maximum absolute atomic E-state index is 5.02. The molecule has 2 aliphatic rings. The second-order valence-electron chi connectivity index (χ2n) is 15.5. The summed E-state index contributed by atoms with van der Waals surface area (Å²) in [5.41, 5.74) is 8.28. The molecular weight excluding hydrogens is 593 g/mol. The Kier molecular flexibility index (Phi) is 9.96. The Balaban J connectivity index is 1.27. The summed E-state index contributed by atoms with van der Waals surface area (Å²) in [6.07, 6.45) is 5.61. The van der Waals surface area contributed by atoms with Gasteiger partial charge in [-0.2, -0.15) is 0 Å². The van der Waals surface area contributed by atoms with E-state index in [9.17, 15) is 0 Å². The van der Waals surface area contributed by atoms with Gasteiger partial charge in [-0.15, -0.1) is 0 Å². The lowest BCUT2D eigenvalue weighted by Crippen LogP contribution is -2.39. The van der Waals surface area contributed by atoms with Crippen LogP contribution in [0.25, 0.3) is 0 Å². The molecule has 2 fully saturated rings. The van der Waals surface area contributed by atoms with E-state index in [1.165, 1.54) is 34.2 Å². The highest BCUT2D eigenvalue weighted by atomic mass is 15.0. The number of nitrogens with one attached hydrogen (secondary N) is 1. The summed E-state index contributed by atoms with van der Waals surface area (Å²) in [5, 5.41) is 4.04. The normalized spacial score (nSPS) is 25.7. The van der Waals surface area contributed by atoms with Gasteiger partial charge in [0.25, 0.3) is 0 Å². The predicted octanol–water partition coefficient (Wildman–Crippen LogP) is 11.8. The lowest BCUT2D eigenvalue weighted by Gasteiger charge is -2.42. The zero-order valence-corrected chi connectivity index (χ0v) is 29.6. The van der Waals surface area contributed by atoms with Crippen LogP contribution in [-0.4, -0.2) is 18.3 Å². The predicted molar refractivity (Wildman–Crippen MR) is 207 cm³/mol. The van der Waals surface area contributed by atoms with E-state index in [2.05, 4.69) is 185 Å². The fraction of sp³-hybridized carbons (Fsp3) is 0.340. The molecule has 1 aliphatic heterocycles. The van der Waals surface area contributed by atoms with Gasteiger partial charge in [-0.1, -0.05) is 167 Å². The molecule has 5 aromatic rings. The number of rotatable bonds is 10. The van der Waals surface area contributed by atoms with E-state index in [-0.39, 0.29) is 5.41 Å². The molecule has 1 N–H and O–H groups in total. The number of nitrogens with zero attached hydrogens (tertiary/aromatic N) is 1. The molecule has 0 radical (unpaired) electrons. The highest BCUT2D eigenvalue weighted by Gasteiger charge is 2.57. The molecule has 5 aromatic carbocycles. The lowest BCUT2D eigenvalue weighted by molar-refractivity contribution is 0.143. The summed E-state index contributed by atoms with van der Waals surface area (Å²) >= 11 is 0. The molecule has 0 aromatic heterocycles. The molecule has 250 valence electrons. The Labute approximate surface area is 294 Å². The Morgan fingerprint density at radius 3 is 1.49 bits per heavy atom. The van der Waals surface area contributed by atoms with Crippen molar-refractivity contribution in [2.24, 2.45) is 16.3 Å². The summed E-state index contributed by atoms with van der Waals surface area (Å²) < 4.78 is 0. The van der Waals surface area contributed by atoms with Crippen LogP contribution in [0.4, 0.5) is 5.69 Å². The first kappa shape index (κ1) is 33.2. The molecule has 0 bridgehead atoms. The Morgan fingerprint density at radius 2 is 1.02 bits per heavy atom. The molecule has 1 heterocycles. The van der Waals surface area contributed by atoms with Crippen molar-refractivity contribution in [2.45, 2.75) is 88.6 Å². The molecule has 49 heavy (non-hydrogen) atoms. The van der Waals surface area contributed by atoms with E-state index in [1.807, 2.05) is 0 Å². The lowest BCUT2D eigenvalue weighted by atomic mass is 9.62. The van der Waals surface area contributed by atoms with Crippen LogP contribution < -0.4 is 5.32 Å². The Hall–Kier alpha value is -4.27. The third-order valence-corrected chi connectivity index (χ3v) is 11.6. The number of para-hydroxylation sites is 1. The fourth-order valence-electron chi connectivity index (χ4n) is 9.61. The van der Waals surface area contributed by atoms with Crippen molar-refractivity contribution in [3.05, 3.63) is 173 Å². The zero-order valence-electron chi connectivity index (χ0n) is 29.6. The topological polar surface area (TPSA) is 24.4 Å². The molecule has 0 amide bonds. The van der Waals surface area contributed by atoms with Crippen LogP contribution >= 0.6 is 0 Å². The quantitative estimate of drug-likeness (QED) is 0.150. The van der Waals surface area contributed by atoms with E-state index in [0.717, 1.165) is 18.5 Å². The van der Waals surface area contributed by atoms with Gasteiger partial charge in [0.1, 0.15) is 0 Å². The van der Waals surface area contributed by atoms with E-state index >= 15 is 0 Å². The minimum atomic E-state index is 0.0471. The zero-order chi connectivity index (χ0) is 33.8. The van der Waals surface area contributed by atoms with Crippen LogP contribution in [0.1, 0.15) is 104 Å². The molecule has 0 spiro atoms. The number of hydrogen-bond acceptors (Lipinski definition) is 2. The minimum Gasteiger partial charge on any atom is -0.306 e. The minimum absolute atomic E-state index is 0.0471. The first-order valence-corrected chi connectivity index (χ1v) is 18.5. The fourth-order valence-corrected chi connectivity index (χ4v) is 9.61. The van der Waals surface area contributed by atoms with E-state index in [4.69, 9.17) is 4.99 Å². The molecule has 6 unspecified atom stereocenters. The molecular formula is C47H52N2. The number of benzene rings is 5. The van der Waals surface area contributed by atoms with Crippen LogP contribution in [0.15, 0.2) is 151 Å². The largest absolute Gasteiger partial charge is 0.306 e. The summed E-state index contributed by atoms with van der Waals surface area (Å²) in [4.78, 5) is 5.02. The average molecular weight is 645 g/mol. The standard InChI is InChI=1S/C47H52N2/c1-33(2)40-27-17-18-28-41(40)48-32-39-30-29-38(49-39)31-47(3,4)46-44(36-23-13-7-14-24-36)42(34-19-9-5-10-20-34)43(35-21-11-6-12-22-35)45(46)37-25-15-8-16-26-37/h5-28,32-33,38-39,42-46,49H,29-31H2,1-4H3. The van der Waals surface area contributed by atoms with E-state index in [1.54, 1.807) is 0 Å². The van der Waals surface area contributed by atoms with Gasteiger partial charge in [-0.25, -0.2) is 0 Å². The van der Waals surface area contributed by atoms with Crippen molar-refractivity contribution in [1.29, 1.82) is 0 Å². The van der Waals surface area contributed by atoms with E-state index in [0.29, 0.717) is 47.6 Å². The molecule has 2 nitrogen and oxygen atoms in total. The van der Waals surface area contributed by atoms with Crippen LogP contribution in [-0.2, 0) is 0 Å². The van der Waals surface area contributed by atoms with Gasteiger partial charge in [0, 0.05) is 18.3 Å². The monoisotopic (exact) mass is 644 g/mol. The molecule has 1 saturated carbocycles. The number of hydrogen-bond donors (Lipinski definition) is 1. The maximum atomic E-state index is 5.02. The van der Waals surface area contributed by atoms with Crippen molar-refractivity contribution in [3.63, 3.8) is 0 Å². The van der Waals surface area contributed by atoms with Gasteiger partial charge in [0.15, 0.2) is 0 Å². The summed E-state index contributed by atoms with van der Waals surface area (Å²) in [5.74, 6) is 2.29.